The van der Waals surface area contributed by atoms with E-state index in [2.05, 4.69) is 30.4 Å². The first-order chi connectivity index (χ1) is 16.8. The van der Waals surface area contributed by atoms with Crippen LogP contribution in [0.3, 0.4) is 0 Å². The van der Waals surface area contributed by atoms with E-state index >= 15 is 0 Å². The van der Waals surface area contributed by atoms with Gasteiger partial charge in [-0.15, -0.1) is 0 Å². The molecule has 0 spiro atoms. The van der Waals surface area contributed by atoms with Crippen LogP contribution in [-0.2, 0) is 9.53 Å². The molecule has 8 nitrogen and oxygen atoms in total. The molecule has 8 heteroatoms. The van der Waals surface area contributed by atoms with Crippen molar-refractivity contribution in [3.8, 4) is 33.8 Å². The predicted molar refractivity (Wildman–Crippen MR) is 131 cm³/mol. The Bertz CT molecular complexity index is 1230. The molecule has 0 saturated carbocycles. The summed E-state index contributed by atoms with van der Waals surface area (Å²) < 4.78 is 5.35. The van der Waals surface area contributed by atoms with Crippen molar-refractivity contribution in [2.75, 3.05) is 38.2 Å². The monoisotopic (exact) mass is 454 g/mol. The molecular weight excluding hydrogens is 428 g/mol. The minimum absolute atomic E-state index is 0.0152. The molecule has 2 N–H and O–H groups in total. The van der Waals surface area contributed by atoms with Gasteiger partial charge >= 0.3 is 0 Å². The zero-order chi connectivity index (χ0) is 23.2. The first-order valence-electron chi connectivity index (χ1n) is 11.4. The highest BCUT2D eigenvalue weighted by atomic mass is 16.5. The normalized spacial score (nSPS) is 14.1. The van der Waals surface area contributed by atoms with E-state index in [1.165, 1.54) is 0 Å². The molecule has 0 atom stereocenters. The van der Waals surface area contributed by atoms with Crippen molar-refractivity contribution >= 4 is 11.6 Å². The van der Waals surface area contributed by atoms with E-state index in [1.807, 2.05) is 54.6 Å². The quantitative estimate of drug-likeness (QED) is 0.440. The van der Waals surface area contributed by atoms with Crippen LogP contribution in [-0.4, -0.2) is 63.8 Å². The topological polar surface area (TPSA) is 96.0 Å². The summed E-state index contributed by atoms with van der Waals surface area (Å²) in [6.07, 6.45) is 5.83. The summed E-state index contributed by atoms with van der Waals surface area (Å²) in [6, 6.07) is 17.6. The summed E-state index contributed by atoms with van der Waals surface area (Å²) in [4.78, 5) is 23.6. The van der Waals surface area contributed by atoms with Crippen molar-refractivity contribution in [1.29, 1.82) is 0 Å². The number of nitrogens with zero attached hydrogens (tertiary/aromatic N) is 4. The van der Waals surface area contributed by atoms with Crippen molar-refractivity contribution in [3.05, 3.63) is 73.2 Å². The fourth-order valence-corrected chi connectivity index (χ4v) is 4.00. The predicted octanol–water partition coefficient (Wildman–Crippen LogP) is 3.86. The molecule has 1 aliphatic heterocycles. The van der Waals surface area contributed by atoms with E-state index in [1.54, 1.807) is 18.6 Å². The molecule has 0 aliphatic carbocycles. The van der Waals surface area contributed by atoms with Crippen LogP contribution in [0, 0.1) is 0 Å². The molecule has 1 amide bonds. The van der Waals surface area contributed by atoms with Crippen LogP contribution in [0.1, 0.15) is 6.42 Å². The summed E-state index contributed by atoms with van der Waals surface area (Å²) in [7, 11) is 0. The van der Waals surface area contributed by atoms with Crippen LogP contribution < -0.4 is 5.32 Å². The van der Waals surface area contributed by atoms with Crippen LogP contribution >= 0.6 is 0 Å². The molecule has 3 aromatic heterocycles. The van der Waals surface area contributed by atoms with Gasteiger partial charge in [0.15, 0.2) is 0 Å². The van der Waals surface area contributed by atoms with Gasteiger partial charge in [0.05, 0.1) is 36.5 Å². The number of H-pyrrole nitrogens is 1. The first-order valence-corrected chi connectivity index (χ1v) is 11.4. The zero-order valence-electron chi connectivity index (χ0n) is 18.8. The molecule has 0 unspecified atom stereocenters. The van der Waals surface area contributed by atoms with Crippen LogP contribution in [0.25, 0.3) is 33.8 Å². The van der Waals surface area contributed by atoms with Crippen molar-refractivity contribution in [2.24, 2.45) is 0 Å². The summed E-state index contributed by atoms with van der Waals surface area (Å²) in [5, 5.41) is 10.3. The zero-order valence-corrected chi connectivity index (χ0v) is 18.8. The second-order valence-corrected chi connectivity index (χ2v) is 8.13. The number of rotatable bonds is 7. The largest absolute Gasteiger partial charge is 0.379 e. The molecule has 0 bridgehead atoms. The van der Waals surface area contributed by atoms with Gasteiger partial charge in [-0.05, 0) is 42.0 Å². The minimum atomic E-state index is 0.0152. The van der Waals surface area contributed by atoms with Gasteiger partial charge in [0, 0.05) is 55.3 Å². The number of ether oxygens (including phenoxy) is 1. The summed E-state index contributed by atoms with van der Waals surface area (Å²) in [6.45, 7) is 4.00. The second-order valence-electron chi connectivity index (χ2n) is 8.13. The third-order valence-corrected chi connectivity index (χ3v) is 5.85. The number of hydrogen-bond donors (Lipinski definition) is 2. The molecule has 34 heavy (non-hydrogen) atoms. The van der Waals surface area contributed by atoms with Crippen molar-refractivity contribution < 1.29 is 9.53 Å². The summed E-state index contributed by atoms with van der Waals surface area (Å²) in [5.41, 5.74) is 6.26. The molecule has 172 valence electrons. The van der Waals surface area contributed by atoms with Crippen molar-refractivity contribution in [2.45, 2.75) is 6.42 Å². The van der Waals surface area contributed by atoms with Crippen LogP contribution in [0.5, 0.6) is 0 Å². The maximum Gasteiger partial charge on any atom is 0.225 e. The van der Waals surface area contributed by atoms with Gasteiger partial charge in [-0.1, -0.05) is 18.2 Å². The number of carbonyl (C=O) groups excluding carboxylic acids is 1. The summed E-state index contributed by atoms with van der Waals surface area (Å²) >= 11 is 0. The first kappa shape index (κ1) is 21.9. The van der Waals surface area contributed by atoms with Gasteiger partial charge in [0.25, 0.3) is 0 Å². The molecule has 1 fully saturated rings. The lowest BCUT2D eigenvalue weighted by Gasteiger charge is -2.26. The molecule has 0 radical (unpaired) electrons. The molecule has 5 rings (SSSR count). The number of aromatic amines is 1. The van der Waals surface area contributed by atoms with Gasteiger partial charge in [0.1, 0.15) is 0 Å². The summed E-state index contributed by atoms with van der Waals surface area (Å²) in [5.74, 6) is 0.0152. The fraction of sp³-hybridized carbons (Fsp3) is 0.231. The van der Waals surface area contributed by atoms with Gasteiger partial charge in [-0.3, -0.25) is 24.8 Å². The smallest absolute Gasteiger partial charge is 0.225 e. The number of carbonyl (C=O) groups is 1. The number of benzene rings is 1. The van der Waals surface area contributed by atoms with Gasteiger partial charge < -0.3 is 10.1 Å². The molecule has 1 aliphatic rings. The van der Waals surface area contributed by atoms with E-state index in [4.69, 9.17) is 4.74 Å². The Labute approximate surface area is 198 Å². The molecular formula is C26H26N6O2. The number of amides is 1. The Hall–Kier alpha value is -3.88. The minimum Gasteiger partial charge on any atom is -0.379 e. The Kier molecular flexibility index (Phi) is 6.69. The lowest BCUT2D eigenvalue weighted by atomic mass is 10.0. The highest BCUT2D eigenvalue weighted by molar-refractivity contribution is 5.91. The van der Waals surface area contributed by atoms with Crippen LogP contribution in [0.2, 0.25) is 0 Å². The van der Waals surface area contributed by atoms with Gasteiger partial charge in [0.2, 0.25) is 5.91 Å². The van der Waals surface area contributed by atoms with Gasteiger partial charge in [-0.25, -0.2) is 0 Å². The van der Waals surface area contributed by atoms with E-state index < -0.39 is 0 Å². The van der Waals surface area contributed by atoms with E-state index in [-0.39, 0.29) is 5.91 Å². The highest BCUT2D eigenvalue weighted by Gasteiger charge is 2.13. The fourth-order valence-electron chi connectivity index (χ4n) is 4.00. The van der Waals surface area contributed by atoms with E-state index in [0.29, 0.717) is 6.42 Å². The second kappa shape index (κ2) is 10.4. The molecule has 1 aromatic carbocycles. The maximum absolute atomic E-state index is 12.3. The number of pyridine rings is 2. The molecule has 4 aromatic rings. The number of morpholine rings is 1. The maximum atomic E-state index is 12.3. The molecule has 4 heterocycles. The average Bonchev–Trinajstić information content (AvgIpc) is 3.39. The Morgan fingerprint density at radius 2 is 1.79 bits per heavy atom. The van der Waals surface area contributed by atoms with Crippen molar-refractivity contribution in [1.82, 2.24) is 25.1 Å². The van der Waals surface area contributed by atoms with Crippen molar-refractivity contribution in [3.63, 3.8) is 0 Å². The standard InChI is InChI=1S/C26H26N6O2/c33-25(9-12-32-13-15-34-16-14-32)30-21-6-4-19(5-7-21)24-17-20(8-11-28-24)22-18-29-31-26(22)23-3-1-2-10-27-23/h1-8,10-11,17-18H,9,12-16H2,(H,29,31)(H,30,33). The average molecular weight is 455 g/mol. The Morgan fingerprint density at radius 3 is 2.59 bits per heavy atom. The third-order valence-electron chi connectivity index (χ3n) is 5.85. The Balaban J connectivity index is 1.26. The SMILES string of the molecule is O=C(CCN1CCOCC1)Nc1ccc(-c2cc(-c3cn[nH]c3-c3ccccn3)ccn2)cc1. The van der Waals surface area contributed by atoms with Gasteiger partial charge in [-0.2, -0.15) is 5.10 Å². The number of aromatic nitrogens is 4. The van der Waals surface area contributed by atoms with Crippen LogP contribution in [0.15, 0.2) is 73.2 Å². The lowest BCUT2D eigenvalue weighted by Crippen LogP contribution is -2.38. The highest BCUT2D eigenvalue weighted by Crippen LogP contribution is 2.31. The van der Waals surface area contributed by atoms with E-state index in [9.17, 15) is 4.79 Å². The lowest BCUT2D eigenvalue weighted by molar-refractivity contribution is -0.116. The third kappa shape index (κ3) is 5.19. The number of nitrogens with one attached hydrogen (secondary N) is 2. The van der Waals surface area contributed by atoms with Crippen LogP contribution in [0.4, 0.5) is 5.69 Å². The Morgan fingerprint density at radius 1 is 0.971 bits per heavy atom. The van der Waals surface area contributed by atoms with E-state index in [0.717, 1.165) is 72.3 Å². The number of anilines is 1. The number of hydrogen-bond acceptors (Lipinski definition) is 6. The molecule has 1 saturated heterocycles.